The summed E-state index contributed by atoms with van der Waals surface area (Å²) in [5.74, 6) is 0.611. The third-order valence-corrected chi connectivity index (χ3v) is 5.08. The van der Waals surface area contributed by atoms with E-state index in [2.05, 4.69) is 15.2 Å². The quantitative estimate of drug-likeness (QED) is 0.666. The van der Waals surface area contributed by atoms with Gasteiger partial charge in [-0.2, -0.15) is 0 Å². The molecule has 0 spiro atoms. The van der Waals surface area contributed by atoms with E-state index < -0.39 is 0 Å². The van der Waals surface area contributed by atoms with Crippen molar-refractivity contribution in [3.63, 3.8) is 0 Å². The molecule has 1 aliphatic rings. The Morgan fingerprint density at radius 1 is 1.17 bits per heavy atom. The van der Waals surface area contributed by atoms with Crippen LogP contribution in [0.15, 0.2) is 71.7 Å². The van der Waals surface area contributed by atoms with Crippen molar-refractivity contribution in [2.45, 2.75) is 32.0 Å². The number of nitrogens with zero attached hydrogens (tertiary/aromatic N) is 2. The summed E-state index contributed by atoms with van der Waals surface area (Å²) in [7, 11) is 0. The predicted octanol–water partition coefficient (Wildman–Crippen LogP) is 3.65. The van der Waals surface area contributed by atoms with Crippen molar-refractivity contribution in [2.24, 2.45) is 0 Å². The van der Waals surface area contributed by atoms with E-state index in [-0.39, 0.29) is 12.0 Å². The number of likely N-dealkylation sites (tertiary alicyclic amines) is 1. The highest BCUT2D eigenvalue weighted by atomic mass is 16.5. The topological polar surface area (TPSA) is 67.6 Å². The molecule has 1 aliphatic heterocycles. The van der Waals surface area contributed by atoms with Crippen LogP contribution in [0.1, 0.15) is 34.5 Å². The molecule has 0 bridgehead atoms. The third kappa shape index (κ3) is 5.45. The maximum Gasteiger partial charge on any atom is 0.251 e. The Labute approximate surface area is 170 Å². The van der Waals surface area contributed by atoms with Gasteiger partial charge in [-0.05, 0) is 49.2 Å². The average Bonchev–Trinajstić information content (AvgIpc) is 3.27. The number of furan rings is 1. The molecule has 0 unspecified atom stereocenters. The van der Waals surface area contributed by atoms with Gasteiger partial charge in [0.05, 0.1) is 24.8 Å². The zero-order valence-corrected chi connectivity index (χ0v) is 16.3. The molecular formula is C23H25N3O3. The first-order chi connectivity index (χ1) is 14.3. The normalized spacial score (nSPS) is 15.2. The highest BCUT2D eigenvalue weighted by Crippen LogP contribution is 2.21. The van der Waals surface area contributed by atoms with E-state index in [9.17, 15) is 4.79 Å². The van der Waals surface area contributed by atoms with Crippen molar-refractivity contribution in [1.82, 2.24) is 15.2 Å². The van der Waals surface area contributed by atoms with Crippen LogP contribution in [0, 0.1) is 0 Å². The molecule has 6 nitrogen and oxygen atoms in total. The van der Waals surface area contributed by atoms with Gasteiger partial charge in [-0.1, -0.05) is 12.1 Å². The zero-order chi connectivity index (χ0) is 19.9. The van der Waals surface area contributed by atoms with Crippen LogP contribution < -0.4 is 10.1 Å². The second-order valence-electron chi connectivity index (χ2n) is 7.26. The Morgan fingerprint density at radius 3 is 2.83 bits per heavy atom. The fraction of sp³-hybridized carbons (Fsp3) is 0.304. The average molecular weight is 391 g/mol. The number of carbonyl (C=O) groups excluding carboxylic acids is 1. The summed E-state index contributed by atoms with van der Waals surface area (Å²) in [6.45, 7) is 3.29. The number of hydrogen-bond acceptors (Lipinski definition) is 5. The maximum absolute atomic E-state index is 12.4. The van der Waals surface area contributed by atoms with Crippen LogP contribution in [0.5, 0.6) is 5.75 Å². The first-order valence-corrected chi connectivity index (χ1v) is 9.94. The van der Waals surface area contributed by atoms with E-state index in [0.717, 1.165) is 43.9 Å². The number of ether oxygens (including phenoxy) is 1. The van der Waals surface area contributed by atoms with Gasteiger partial charge in [-0.3, -0.25) is 14.7 Å². The molecule has 0 radical (unpaired) electrons. The van der Waals surface area contributed by atoms with Gasteiger partial charge in [0, 0.05) is 37.0 Å². The fourth-order valence-corrected chi connectivity index (χ4v) is 3.50. The fourth-order valence-electron chi connectivity index (χ4n) is 3.50. The smallest absolute Gasteiger partial charge is 0.251 e. The molecule has 1 amide bonds. The van der Waals surface area contributed by atoms with E-state index in [4.69, 9.17) is 9.15 Å². The van der Waals surface area contributed by atoms with Crippen LogP contribution in [0.2, 0.25) is 0 Å². The van der Waals surface area contributed by atoms with Crippen molar-refractivity contribution in [3.05, 3.63) is 84.1 Å². The molecule has 4 rings (SSSR count). The molecule has 6 heteroatoms. The van der Waals surface area contributed by atoms with Gasteiger partial charge < -0.3 is 14.5 Å². The lowest BCUT2D eigenvalue weighted by atomic mass is 10.1. The van der Waals surface area contributed by atoms with E-state index in [0.29, 0.717) is 12.1 Å². The third-order valence-electron chi connectivity index (χ3n) is 5.08. The van der Waals surface area contributed by atoms with Crippen LogP contribution in [-0.4, -0.2) is 35.0 Å². The largest absolute Gasteiger partial charge is 0.490 e. The van der Waals surface area contributed by atoms with Gasteiger partial charge in [-0.25, -0.2) is 0 Å². The summed E-state index contributed by atoms with van der Waals surface area (Å²) in [5, 5.41) is 2.90. The molecule has 2 aromatic heterocycles. The molecule has 1 saturated heterocycles. The number of rotatable bonds is 7. The second-order valence-corrected chi connectivity index (χ2v) is 7.26. The molecule has 1 N–H and O–H groups in total. The molecule has 1 fully saturated rings. The first-order valence-electron chi connectivity index (χ1n) is 9.94. The van der Waals surface area contributed by atoms with E-state index in [1.807, 2.05) is 42.5 Å². The zero-order valence-electron chi connectivity index (χ0n) is 16.3. The molecule has 29 heavy (non-hydrogen) atoms. The Morgan fingerprint density at radius 2 is 2.07 bits per heavy atom. The van der Waals surface area contributed by atoms with Crippen LogP contribution in [-0.2, 0) is 13.1 Å². The van der Waals surface area contributed by atoms with Gasteiger partial charge in [0.2, 0.25) is 0 Å². The summed E-state index contributed by atoms with van der Waals surface area (Å²) in [6.07, 6.45) is 7.33. The van der Waals surface area contributed by atoms with Crippen LogP contribution in [0.4, 0.5) is 0 Å². The Balaban J connectivity index is 1.27. The number of pyridine rings is 1. The number of hydrogen-bond donors (Lipinski definition) is 1. The lowest BCUT2D eigenvalue weighted by Gasteiger charge is -2.31. The number of benzene rings is 1. The standard InChI is InChI=1S/C23H25N3O3/c27-23(25-15-20-5-1-2-10-24-20)19-4-3-6-22(14-19)29-21-7-11-26(12-8-21)16-18-9-13-28-17-18/h1-6,9-10,13-14,17,21H,7-8,11-12,15-16H2,(H,25,27). The van der Waals surface area contributed by atoms with E-state index in [1.54, 1.807) is 24.8 Å². The Bertz CT molecular complexity index is 904. The molecule has 150 valence electrons. The molecule has 0 saturated carbocycles. The van der Waals surface area contributed by atoms with Crippen molar-refractivity contribution in [1.29, 1.82) is 0 Å². The molecule has 0 atom stereocenters. The first kappa shape index (κ1) is 19.2. The van der Waals surface area contributed by atoms with Crippen molar-refractivity contribution in [2.75, 3.05) is 13.1 Å². The van der Waals surface area contributed by atoms with Crippen molar-refractivity contribution < 1.29 is 13.9 Å². The predicted molar refractivity (Wildman–Crippen MR) is 109 cm³/mol. The van der Waals surface area contributed by atoms with Crippen LogP contribution in [0.3, 0.4) is 0 Å². The minimum absolute atomic E-state index is 0.129. The van der Waals surface area contributed by atoms with Gasteiger partial charge in [-0.15, -0.1) is 0 Å². The SMILES string of the molecule is O=C(NCc1ccccn1)c1cccc(OC2CCN(Cc3ccoc3)CC2)c1. The molecule has 3 aromatic rings. The molecule has 0 aliphatic carbocycles. The summed E-state index contributed by atoms with van der Waals surface area (Å²) >= 11 is 0. The highest BCUT2D eigenvalue weighted by molar-refractivity contribution is 5.94. The molecular weight excluding hydrogens is 366 g/mol. The maximum atomic E-state index is 12.4. The van der Waals surface area contributed by atoms with Gasteiger partial charge >= 0.3 is 0 Å². The monoisotopic (exact) mass is 391 g/mol. The summed E-state index contributed by atoms with van der Waals surface area (Å²) in [4.78, 5) is 19.1. The molecule has 3 heterocycles. The number of carbonyl (C=O) groups is 1. The summed E-state index contributed by atoms with van der Waals surface area (Å²) < 4.78 is 11.3. The lowest BCUT2D eigenvalue weighted by Crippen LogP contribution is -2.37. The number of amides is 1. The van der Waals surface area contributed by atoms with Crippen molar-refractivity contribution >= 4 is 5.91 Å². The Kier molecular flexibility index (Phi) is 6.22. The van der Waals surface area contributed by atoms with Crippen LogP contribution >= 0.6 is 0 Å². The lowest BCUT2D eigenvalue weighted by molar-refractivity contribution is 0.0934. The van der Waals surface area contributed by atoms with Gasteiger partial charge in [0.1, 0.15) is 11.9 Å². The van der Waals surface area contributed by atoms with Gasteiger partial charge in [0.15, 0.2) is 0 Å². The summed E-state index contributed by atoms with van der Waals surface area (Å²) in [6, 6.07) is 15.0. The number of aromatic nitrogens is 1. The summed E-state index contributed by atoms with van der Waals surface area (Å²) in [5.41, 5.74) is 2.63. The van der Waals surface area contributed by atoms with E-state index in [1.165, 1.54) is 5.56 Å². The Hall–Kier alpha value is -3.12. The molecule has 1 aromatic carbocycles. The van der Waals surface area contributed by atoms with Crippen LogP contribution in [0.25, 0.3) is 0 Å². The van der Waals surface area contributed by atoms with Crippen molar-refractivity contribution in [3.8, 4) is 5.75 Å². The number of piperidine rings is 1. The minimum atomic E-state index is -0.129. The highest BCUT2D eigenvalue weighted by Gasteiger charge is 2.21. The van der Waals surface area contributed by atoms with E-state index >= 15 is 0 Å². The second kappa shape index (κ2) is 9.39. The van der Waals surface area contributed by atoms with Gasteiger partial charge in [0.25, 0.3) is 5.91 Å². The number of nitrogens with one attached hydrogen (secondary N) is 1. The minimum Gasteiger partial charge on any atom is -0.490 e.